The van der Waals surface area contributed by atoms with E-state index in [1.807, 2.05) is 35.0 Å². The highest BCUT2D eigenvalue weighted by Gasteiger charge is 2.37. The number of rotatable bonds is 4. The van der Waals surface area contributed by atoms with Crippen LogP contribution in [0.3, 0.4) is 0 Å². The minimum absolute atomic E-state index is 0.320. The number of hydrogen-bond donors (Lipinski definition) is 2. The topological polar surface area (TPSA) is 67.5 Å². The SMILES string of the molecule is COc1ccc(-c2cc(C3(O)CCC(O)CC3)nn2C2=CC=CCC2)cc1. The Morgan fingerprint density at radius 1 is 1.19 bits per heavy atom. The fraction of sp³-hybridized carbons (Fsp3) is 0.409. The lowest BCUT2D eigenvalue weighted by Gasteiger charge is -2.32. The van der Waals surface area contributed by atoms with Crippen LogP contribution < -0.4 is 4.74 Å². The van der Waals surface area contributed by atoms with Crippen LogP contribution >= 0.6 is 0 Å². The molecule has 142 valence electrons. The molecule has 0 bridgehead atoms. The minimum Gasteiger partial charge on any atom is -0.497 e. The largest absolute Gasteiger partial charge is 0.497 e. The van der Waals surface area contributed by atoms with Crippen LogP contribution in [0.25, 0.3) is 17.0 Å². The van der Waals surface area contributed by atoms with Gasteiger partial charge in [-0.3, -0.25) is 0 Å². The highest BCUT2D eigenvalue weighted by molar-refractivity contribution is 5.67. The maximum absolute atomic E-state index is 11.2. The number of nitrogens with zero attached hydrogens (tertiary/aromatic N) is 2. The van der Waals surface area contributed by atoms with Gasteiger partial charge in [-0.15, -0.1) is 0 Å². The molecule has 1 saturated carbocycles. The Labute approximate surface area is 159 Å². The van der Waals surface area contributed by atoms with Crippen LogP contribution in [0.15, 0.2) is 48.6 Å². The Bertz CT molecular complexity index is 856. The number of ether oxygens (including phenoxy) is 1. The predicted octanol–water partition coefficient (Wildman–Crippen LogP) is 3.87. The molecule has 1 heterocycles. The first-order valence-electron chi connectivity index (χ1n) is 9.60. The number of aromatic nitrogens is 2. The highest BCUT2D eigenvalue weighted by atomic mass is 16.5. The maximum Gasteiger partial charge on any atom is 0.118 e. The van der Waals surface area contributed by atoms with Crippen molar-refractivity contribution >= 4 is 5.70 Å². The van der Waals surface area contributed by atoms with Gasteiger partial charge >= 0.3 is 0 Å². The summed E-state index contributed by atoms with van der Waals surface area (Å²) in [6, 6.07) is 9.91. The van der Waals surface area contributed by atoms with Crippen molar-refractivity contribution in [2.45, 2.75) is 50.2 Å². The van der Waals surface area contributed by atoms with Crippen molar-refractivity contribution in [3.63, 3.8) is 0 Å². The first-order chi connectivity index (χ1) is 13.1. The molecule has 5 heteroatoms. The van der Waals surface area contributed by atoms with Crippen molar-refractivity contribution in [2.75, 3.05) is 7.11 Å². The molecule has 0 amide bonds. The summed E-state index contributed by atoms with van der Waals surface area (Å²) in [5.41, 5.74) is 2.83. The maximum atomic E-state index is 11.2. The Morgan fingerprint density at radius 3 is 2.56 bits per heavy atom. The molecule has 2 N–H and O–H groups in total. The molecule has 0 radical (unpaired) electrons. The Balaban J connectivity index is 1.77. The van der Waals surface area contributed by atoms with E-state index in [0.29, 0.717) is 31.4 Å². The second kappa shape index (κ2) is 7.33. The van der Waals surface area contributed by atoms with Crippen LogP contribution in [0.2, 0.25) is 0 Å². The summed E-state index contributed by atoms with van der Waals surface area (Å²) in [5, 5.41) is 25.8. The first kappa shape index (κ1) is 18.0. The third-order valence-electron chi connectivity index (χ3n) is 5.62. The molecule has 0 saturated heterocycles. The van der Waals surface area contributed by atoms with Crippen LogP contribution in [-0.2, 0) is 5.60 Å². The molecule has 4 rings (SSSR count). The summed E-state index contributed by atoms with van der Waals surface area (Å²) in [6.07, 6.45) is 10.2. The average molecular weight is 366 g/mol. The minimum atomic E-state index is -0.975. The highest BCUT2D eigenvalue weighted by Crippen LogP contribution is 2.39. The van der Waals surface area contributed by atoms with Gasteiger partial charge in [0.2, 0.25) is 0 Å². The lowest BCUT2D eigenvalue weighted by molar-refractivity contribution is -0.0393. The van der Waals surface area contributed by atoms with Gasteiger partial charge in [0.05, 0.1) is 24.6 Å². The average Bonchev–Trinajstić information content (AvgIpc) is 3.17. The van der Waals surface area contributed by atoms with E-state index in [4.69, 9.17) is 9.84 Å². The van der Waals surface area contributed by atoms with Gasteiger partial charge in [0, 0.05) is 11.3 Å². The Morgan fingerprint density at radius 2 is 1.93 bits per heavy atom. The second-order valence-corrected chi connectivity index (χ2v) is 7.44. The normalized spacial score (nSPS) is 25.3. The van der Waals surface area contributed by atoms with E-state index in [1.165, 1.54) is 0 Å². The molecule has 5 nitrogen and oxygen atoms in total. The van der Waals surface area contributed by atoms with Gasteiger partial charge < -0.3 is 14.9 Å². The number of methoxy groups -OCH3 is 1. The number of allylic oxidation sites excluding steroid dienone is 4. The molecule has 1 fully saturated rings. The number of aliphatic hydroxyl groups is 2. The summed E-state index contributed by atoms with van der Waals surface area (Å²) < 4.78 is 7.23. The van der Waals surface area contributed by atoms with E-state index in [1.54, 1.807) is 7.11 Å². The Kier molecular flexibility index (Phi) is 4.89. The van der Waals surface area contributed by atoms with Gasteiger partial charge in [0.15, 0.2) is 0 Å². The molecule has 0 spiro atoms. The molecule has 1 aromatic heterocycles. The van der Waals surface area contributed by atoms with Crippen molar-refractivity contribution in [1.82, 2.24) is 9.78 Å². The summed E-state index contributed by atoms with van der Waals surface area (Å²) in [7, 11) is 1.66. The van der Waals surface area contributed by atoms with Gasteiger partial charge in [-0.25, -0.2) is 4.68 Å². The van der Waals surface area contributed by atoms with E-state index >= 15 is 0 Å². The zero-order valence-corrected chi connectivity index (χ0v) is 15.6. The summed E-state index contributed by atoms with van der Waals surface area (Å²) in [4.78, 5) is 0. The van der Waals surface area contributed by atoms with Crippen molar-refractivity contribution in [3.8, 4) is 17.0 Å². The van der Waals surface area contributed by atoms with Crippen molar-refractivity contribution in [3.05, 3.63) is 54.3 Å². The first-order valence-corrected chi connectivity index (χ1v) is 9.60. The van der Waals surface area contributed by atoms with Crippen LogP contribution in [-0.4, -0.2) is 33.2 Å². The van der Waals surface area contributed by atoms with Crippen molar-refractivity contribution < 1.29 is 14.9 Å². The molecular weight excluding hydrogens is 340 g/mol. The molecule has 2 aromatic rings. The third kappa shape index (κ3) is 3.57. The zero-order valence-electron chi connectivity index (χ0n) is 15.6. The number of hydrogen-bond acceptors (Lipinski definition) is 4. The van der Waals surface area contributed by atoms with Crippen LogP contribution in [0.5, 0.6) is 5.75 Å². The lowest BCUT2D eigenvalue weighted by Crippen LogP contribution is -2.33. The molecule has 2 aliphatic rings. The van der Waals surface area contributed by atoms with E-state index < -0.39 is 5.60 Å². The fourth-order valence-corrected chi connectivity index (χ4v) is 3.90. The van der Waals surface area contributed by atoms with Gasteiger partial charge in [0.1, 0.15) is 11.4 Å². The summed E-state index contributed by atoms with van der Waals surface area (Å²) >= 11 is 0. The molecule has 0 atom stereocenters. The quantitative estimate of drug-likeness (QED) is 0.862. The van der Waals surface area contributed by atoms with Crippen LogP contribution in [0.1, 0.15) is 44.2 Å². The number of benzene rings is 1. The molecule has 0 aliphatic heterocycles. The molecule has 0 unspecified atom stereocenters. The third-order valence-corrected chi connectivity index (χ3v) is 5.62. The fourth-order valence-electron chi connectivity index (χ4n) is 3.90. The lowest BCUT2D eigenvalue weighted by atomic mass is 9.81. The van der Waals surface area contributed by atoms with E-state index in [-0.39, 0.29) is 6.10 Å². The summed E-state index contributed by atoms with van der Waals surface area (Å²) in [6.45, 7) is 0. The second-order valence-electron chi connectivity index (χ2n) is 7.44. The molecular formula is C22H26N2O3. The molecule has 27 heavy (non-hydrogen) atoms. The zero-order chi connectivity index (χ0) is 18.9. The van der Waals surface area contributed by atoms with Gasteiger partial charge in [0.25, 0.3) is 0 Å². The van der Waals surface area contributed by atoms with Crippen molar-refractivity contribution in [2.24, 2.45) is 0 Å². The van der Waals surface area contributed by atoms with E-state index in [2.05, 4.69) is 18.2 Å². The smallest absolute Gasteiger partial charge is 0.118 e. The van der Waals surface area contributed by atoms with E-state index in [9.17, 15) is 10.2 Å². The monoisotopic (exact) mass is 366 g/mol. The van der Waals surface area contributed by atoms with Crippen LogP contribution in [0, 0.1) is 0 Å². The standard InChI is InChI=1S/C22H26N2O3/c1-27-19-9-7-16(8-10-19)20-15-21(22(26)13-11-18(25)12-14-22)23-24(20)17-5-3-2-4-6-17/h2-3,5,7-10,15,18,25-26H,4,6,11-14H2,1H3. The van der Waals surface area contributed by atoms with Gasteiger partial charge in [-0.2, -0.15) is 5.10 Å². The molecule has 2 aliphatic carbocycles. The van der Waals surface area contributed by atoms with Gasteiger partial charge in [-0.05, 0) is 74.9 Å². The summed E-state index contributed by atoms with van der Waals surface area (Å²) in [5.74, 6) is 0.810. The predicted molar refractivity (Wildman–Crippen MR) is 105 cm³/mol. The van der Waals surface area contributed by atoms with E-state index in [0.717, 1.165) is 35.5 Å². The van der Waals surface area contributed by atoms with Crippen molar-refractivity contribution in [1.29, 1.82) is 0 Å². The van der Waals surface area contributed by atoms with Crippen LogP contribution in [0.4, 0.5) is 0 Å². The molecule has 1 aromatic carbocycles. The van der Waals surface area contributed by atoms with Gasteiger partial charge in [-0.1, -0.05) is 12.2 Å². The number of aliphatic hydroxyl groups excluding tert-OH is 1. The Hall–Kier alpha value is -2.37.